The molecular weight excluding hydrogens is 280 g/mol. The molecule has 1 heterocycles. The van der Waals surface area contributed by atoms with Crippen molar-refractivity contribution in [2.24, 2.45) is 0 Å². The molecule has 1 aliphatic carbocycles. The maximum Gasteiger partial charge on any atom is 0.324 e. The van der Waals surface area contributed by atoms with E-state index >= 15 is 0 Å². The summed E-state index contributed by atoms with van der Waals surface area (Å²) in [5, 5.41) is 9.80. The highest BCUT2D eigenvalue weighted by atomic mass is 16.4. The Hall–Kier alpha value is -2.04. The molecule has 1 saturated carbocycles. The largest absolute Gasteiger partial charge is 0.481 e. The number of likely N-dealkylation sites (N-methyl/N-ethyl adjacent to an activating group) is 1. The van der Waals surface area contributed by atoms with Crippen molar-refractivity contribution in [1.29, 1.82) is 0 Å². The minimum atomic E-state index is -0.789. The summed E-state index contributed by atoms with van der Waals surface area (Å²) >= 11 is 0. The molecule has 0 bridgehead atoms. The predicted molar refractivity (Wildman–Crippen MR) is 84.2 cm³/mol. The second-order valence-electron chi connectivity index (χ2n) is 6.35. The first-order chi connectivity index (χ1) is 10.5. The van der Waals surface area contributed by atoms with Crippen LogP contribution in [0.3, 0.4) is 0 Å². The molecule has 1 aliphatic heterocycles. The molecule has 5 heteroatoms. The van der Waals surface area contributed by atoms with E-state index in [2.05, 4.69) is 0 Å². The Morgan fingerprint density at radius 2 is 1.91 bits per heavy atom. The first kappa shape index (κ1) is 14.9. The van der Waals surface area contributed by atoms with Gasteiger partial charge in [0.25, 0.3) is 0 Å². The van der Waals surface area contributed by atoms with Crippen molar-refractivity contribution in [2.45, 2.75) is 37.5 Å². The number of amides is 2. The lowest BCUT2D eigenvalue weighted by Crippen LogP contribution is -2.38. The SMILES string of the molecule is CN1CCN(c2cccc(C3(C(=O)O)CCCCC3)c2)C1=O. The number of hydrogen-bond acceptors (Lipinski definition) is 2. The number of hydrogen-bond donors (Lipinski definition) is 1. The van der Waals surface area contributed by atoms with Gasteiger partial charge in [0.2, 0.25) is 0 Å². The number of anilines is 1. The van der Waals surface area contributed by atoms with Crippen molar-refractivity contribution < 1.29 is 14.7 Å². The number of carboxylic acid groups (broad SMARTS) is 1. The molecule has 0 unspecified atom stereocenters. The molecule has 2 aliphatic rings. The molecule has 1 aromatic rings. The van der Waals surface area contributed by atoms with E-state index in [1.807, 2.05) is 24.3 Å². The third kappa shape index (κ3) is 2.34. The van der Waals surface area contributed by atoms with E-state index in [0.29, 0.717) is 25.9 Å². The smallest absolute Gasteiger partial charge is 0.324 e. The third-order valence-corrected chi connectivity index (χ3v) is 5.04. The summed E-state index contributed by atoms with van der Waals surface area (Å²) in [4.78, 5) is 27.5. The van der Waals surface area contributed by atoms with E-state index in [1.165, 1.54) is 0 Å². The van der Waals surface area contributed by atoms with Gasteiger partial charge >= 0.3 is 12.0 Å². The summed E-state index contributed by atoms with van der Waals surface area (Å²) in [6.45, 7) is 1.35. The number of nitrogens with zero attached hydrogens (tertiary/aromatic N) is 2. The average molecular weight is 302 g/mol. The molecule has 0 radical (unpaired) electrons. The Kier molecular flexibility index (Phi) is 3.81. The summed E-state index contributed by atoms with van der Waals surface area (Å²) in [5.74, 6) is -0.741. The second-order valence-corrected chi connectivity index (χ2v) is 6.35. The molecule has 0 spiro atoms. The van der Waals surface area contributed by atoms with Crippen LogP contribution < -0.4 is 4.90 Å². The fourth-order valence-corrected chi connectivity index (χ4v) is 3.64. The van der Waals surface area contributed by atoms with Crippen LogP contribution in [0.2, 0.25) is 0 Å². The lowest BCUT2D eigenvalue weighted by atomic mass is 9.69. The van der Waals surface area contributed by atoms with Gasteiger partial charge < -0.3 is 10.0 Å². The van der Waals surface area contributed by atoms with Gasteiger partial charge in [-0.05, 0) is 30.5 Å². The van der Waals surface area contributed by atoms with Crippen molar-refractivity contribution in [2.75, 3.05) is 25.0 Å². The molecule has 2 amide bonds. The average Bonchev–Trinajstić information content (AvgIpc) is 2.87. The van der Waals surface area contributed by atoms with Crippen LogP contribution in [0.25, 0.3) is 0 Å². The number of urea groups is 1. The van der Waals surface area contributed by atoms with Crippen LogP contribution in [0.1, 0.15) is 37.7 Å². The molecule has 118 valence electrons. The van der Waals surface area contributed by atoms with Crippen molar-refractivity contribution in [3.63, 3.8) is 0 Å². The molecule has 22 heavy (non-hydrogen) atoms. The van der Waals surface area contributed by atoms with Gasteiger partial charge in [-0.1, -0.05) is 31.4 Å². The first-order valence-electron chi connectivity index (χ1n) is 7.91. The number of carbonyl (C=O) groups excluding carboxylic acids is 1. The molecule has 0 aromatic heterocycles. The summed E-state index contributed by atoms with van der Waals surface area (Å²) in [7, 11) is 1.78. The van der Waals surface area contributed by atoms with E-state index in [4.69, 9.17) is 0 Å². The zero-order valence-electron chi connectivity index (χ0n) is 12.9. The van der Waals surface area contributed by atoms with Crippen molar-refractivity contribution >= 4 is 17.7 Å². The summed E-state index contributed by atoms with van der Waals surface area (Å²) in [5.41, 5.74) is 0.848. The Balaban J connectivity index is 1.96. The van der Waals surface area contributed by atoms with Gasteiger partial charge in [-0.15, -0.1) is 0 Å². The van der Waals surface area contributed by atoms with E-state index in [-0.39, 0.29) is 6.03 Å². The van der Waals surface area contributed by atoms with Gasteiger partial charge in [0, 0.05) is 25.8 Å². The number of carbonyl (C=O) groups is 2. The quantitative estimate of drug-likeness (QED) is 0.934. The molecule has 0 atom stereocenters. The van der Waals surface area contributed by atoms with Crippen LogP contribution in [0.5, 0.6) is 0 Å². The molecule has 1 N–H and O–H groups in total. The van der Waals surface area contributed by atoms with Crippen LogP contribution in [0.15, 0.2) is 24.3 Å². The van der Waals surface area contributed by atoms with Crippen LogP contribution >= 0.6 is 0 Å². The van der Waals surface area contributed by atoms with Crippen molar-refractivity contribution in [3.8, 4) is 0 Å². The zero-order valence-corrected chi connectivity index (χ0v) is 12.9. The topological polar surface area (TPSA) is 60.9 Å². The maximum absolute atomic E-state index is 12.1. The highest BCUT2D eigenvalue weighted by Gasteiger charge is 2.41. The Morgan fingerprint density at radius 3 is 2.50 bits per heavy atom. The van der Waals surface area contributed by atoms with E-state index in [1.54, 1.807) is 16.8 Å². The van der Waals surface area contributed by atoms with Crippen molar-refractivity contribution in [1.82, 2.24) is 4.90 Å². The minimum Gasteiger partial charge on any atom is -0.481 e. The van der Waals surface area contributed by atoms with Gasteiger partial charge in [0.15, 0.2) is 0 Å². The molecule has 5 nitrogen and oxygen atoms in total. The van der Waals surface area contributed by atoms with E-state index in [9.17, 15) is 14.7 Å². The normalized spacial score (nSPS) is 21.2. The number of rotatable bonds is 3. The van der Waals surface area contributed by atoms with Gasteiger partial charge in [-0.25, -0.2) is 4.79 Å². The molecule has 1 saturated heterocycles. The monoisotopic (exact) mass is 302 g/mol. The third-order valence-electron chi connectivity index (χ3n) is 5.04. The first-order valence-corrected chi connectivity index (χ1v) is 7.91. The minimum absolute atomic E-state index is 0.0230. The summed E-state index contributed by atoms with van der Waals surface area (Å²) in [6, 6.07) is 7.53. The van der Waals surface area contributed by atoms with Gasteiger partial charge in [0.05, 0.1) is 5.41 Å². The standard InChI is InChI=1S/C17H22N2O3/c1-18-10-11-19(16(18)22)14-7-5-6-13(12-14)17(15(20)21)8-3-2-4-9-17/h5-7,12H,2-4,8-11H2,1H3,(H,20,21). The van der Waals surface area contributed by atoms with Crippen LogP contribution in [0, 0.1) is 0 Å². The van der Waals surface area contributed by atoms with Crippen LogP contribution in [-0.4, -0.2) is 42.1 Å². The van der Waals surface area contributed by atoms with E-state index in [0.717, 1.165) is 30.5 Å². The lowest BCUT2D eigenvalue weighted by Gasteiger charge is -2.34. The van der Waals surface area contributed by atoms with Crippen molar-refractivity contribution in [3.05, 3.63) is 29.8 Å². The Bertz CT molecular complexity index is 593. The molecule has 3 rings (SSSR count). The molecular formula is C17H22N2O3. The summed E-state index contributed by atoms with van der Waals surface area (Å²) < 4.78 is 0. The Morgan fingerprint density at radius 1 is 1.18 bits per heavy atom. The summed E-state index contributed by atoms with van der Waals surface area (Å²) in [6.07, 6.45) is 4.35. The van der Waals surface area contributed by atoms with Gasteiger partial charge in [-0.3, -0.25) is 9.69 Å². The number of aliphatic carboxylic acids is 1. The maximum atomic E-state index is 12.1. The molecule has 2 fully saturated rings. The predicted octanol–water partition coefficient (Wildman–Crippen LogP) is 2.84. The second kappa shape index (κ2) is 5.63. The fourth-order valence-electron chi connectivity index (χ4n) is 3.64. The van der Waals surface area contributed by atoms with Crippen LogP contribution in [-0.2, 0) is 10.2 Å². The fraction of sp³-hybridized carbons (Fsp3) is 0.529. The van der Waals surface area contributed by atoms with Crippen LogP contribution in [0.4, 0.5) is 10.5 Å². The highest BCUT2D eigenvalue weighted by Crippen LogP contribution is 2.41. The Labute approximate surface area is 130 Å². The molecule has 1 aromatic carbocycles. The number of benzene rings is 1. The van der Waals surface area contributed by atoms with Gasteiger partial charge in [0.1, 0.15) is 0 Å². The lowest BCUT2D eigenvalue weighted by molar-refractivity contribution is -0.145. The van der Waals surface area contributed by atoms with Gasteiger partial charge in [-0.2, -0.15) is 0 Å². The zero-order chi connectivity index (χ0) is 15.7. The number of carboxylic acids is 1. The van der Waals surface area contributed by atoms with E-state index < -0.39 is 11.4 Å². The highest BCUT2D eigenvalue weighted by molar-refractivity contribution is 5.94.